The number of benzene rings is 1. The van der Waals surface area contributed by atoms with Gasteiger partial charge < -0.3 is 29.0 Å². The maximum absolute atomic E-state index is 5.78. The van der Waals surface area contributed by atoms with Crippen molar-refractivity contribution in [1.29, 1.82) is 0 Å². The SMILES string of the molecule is CCNc1ccc2c(c1)OCCOCCOCCOCCO2. The zero-order valence-corrected chi connectivity index (χ0v) is 13.1. The summed E-state index contributed by atoms with van der Waals surface area (Å²) in [6, 6.07) is 5.83. The number of anilines is 1. The average Bonchev–Trinajstić information content (AvgIpc) is 2.54. The van der Waals surface area contributed by atoms with E-state index in [-0.39, 0.29) is 0 Å². The van der Waals surface area contributed by atoms with Crippen LogP contribution in [0.3, 0.4) is 0 Å². The van der Waals surface area contributed by atoms with Crippen molar-refractivity contribution in [1.82, 2.24) is 0 Å². The molecule has 0 amide bonds. The second kappa shape index (κ2) is 10.3. The summed E-state index contributed by atoms with van der Waals surface area (Å²) >= 11 is 0. The second-order valence-corrected chi connectivity index (χ2v) is 4.73. The second-order valence-electron chi connectivity index (χ2n) is 4.73. The van der Waals surface area contributed by atoms with E-state index in [4.69, 9.17) is 23.7 Å². The first-order chi connectivity index (χ1) is 10.9. The van der Waals surface area contributed by atoms with Crippen LogP contribution in [-0.4, -0.2) is 59.4 Å². The Hall–Kier alpha value is -1.50. The van der Waals surface area contributed by atoms with Crippen LogP contribution in [0, 0.1) is 0 Å². The van der Waals surface area contributed by atoms with E-state index in [0.29, 0.717) is 58.6 Å². The molecule has 2 rings (SSSR count). The summed E-state index contributed by atoms with van der Waals surface area (Å²) in [5, 5.41) is 3.26. The molecular formula is C16H25NO5. The summed E-state index contributed by atoms with van der Waals surface area (Å²) in [6.07, 6.45) is 0. The quantitative estimate of drug-likeness (QED) is 0.901. The van der Waals surface area contributed by atoms with Crippen LogP contribution < -0.4 is 14.8 Å². The van der Waals surface area contributed by atoms with E-state index in [9.17, 15) is 0 Å². The number of rotatable bonds is 2. The van der Waals surface area contributed by atoms with Crippen molar-refractivity contribution in [3.8, 4) is 11.5 Å². The van der Waals surface area contributed by atoms with Crippen LogP contribution in [-0.2, 0) is 14.2 Å². The van der Waals surface area contributed by atoms with Gasteiger partial charge in [-0.1, -0.05) is 0 Å². The molecule has 1 aliphatic rings. The Bertz CT molecular complexity index is 427. The molecule has 0 spiro atoms. The Kier molecular flexibility index (Phi) is 7.87. The monoisotopic (exact) mass is 311 g/mol. The Labute approximate surface area is 131 Å². The summed E-state index contributed by atoms with van der Waals surface area (Å²) in [4.78, 5) is 0. The molecule has 124 valence electrons. The van der Waals surface area contributed by atoms with Crippen LogP contribution in [0.4, 0.5) is 5.69 Å². The van der Waals surface area contributed by atoms with Crippen LogP contribution in [0.5, 0.6) is 11.5 Å². The first-order valence-electron chi connectivity index (χ1n) is 7.77. The van der Waals surface area contributed by atoms with Gasteiger partial charge in [-0.25, -0.2) is 0 Å². The maximum Gasteiger partial charge on any atom is 0.163 e. The van der Waals surface area contributed by atoms with Gasteiger partial charge in [0, 0.05) is 18.3 Å². The van der Waals surface area contributed by atoms with Crippen molar-refractivity contribution in [2.75, 3.05) is 64.7 Å². The molecule has 0 saturated carbocycles. The largest absolute Gasteiger partial charge is 0.487 e. The number of fused-ring (bicyclic) bond motifs is 1. The summed E-state index contributed by atoms with van der Waals surface area (Å²) in [5.41, 5.74) is 1.01. The van der Waals surface area contributed by atoms with Crippen molar-refractivity contribution >= 4 is 5.69 Å². The standard InChI is InChI=1S/C16H25NO5/c1-2-17-14-3-4-15-16(13-14)22-12-10-20-8-6-18-5-7-19-9-11-21-15/h3-4,13,17H,2,5-12H2,1H3. The minimum Gasteiger partial charge on any atom is -0.487 e. The van der Waals surface area contributed by atoms with E-state index in [0.717, 1.165) is 18.0 Å². The predicted octanol–water partition coefficient (Wildman–Crippen LogP) is 1.94. The zero-order valence-electron chi connectivity index (χ0n) is 13.1. The van der Waals surface area contributed by atoms with E-state index >= 15 is 0 Å². The molecule has 22 heavy (non-hydrogen) atoms. The number of hydrogen-bond acceptors (Lipinski definition) is 6. The van der Waals surface area contributed by atoms with Gasteiger partial charge in [0.2, 0.25) is 0 Å². The molecule has 0 saturated heterocycles. The van der Waals surface area contributed by atoms with Crippen LogP contribution >= 0.6 is 0 Å². The summed E-state index contributed by atoms with van der Waals surface area (Å²) in [6.45, 7) is 7.17. The fourth-order valence-corrected chi connectivity index (χ4v) is 2.02. The average molecular weight is 311 g/mol. The summed E-state index contributed by atoms with van der Waals surface area (Å²) < 4.78 is 27.8. The van der Waals surface area contributed by atoms with Gasteiger partial charge in [-0.3, -0.25) is 0 Å². The molecule has 0 aliphatic carbocycles. The Morgan fingerprint density at radius 2 is 1.32 bits per heavy atom. The van der Waals surface area contributed by atoms with Gasteiger partial charge in [-0.2, -0.15) is 0 Å². The molecule has 0 fully saturated rings. The van der Waals surface area contributed by atoms with E-state index < -0.39 is 0 Å². The fraction of sp³-hybridized carbons (Fsp3) is 0.625. The number of hydrogen-bond donors (Lipinski definition) is 1. The Balaban J connectivity index is 1.97. The molecule has 1 aromatic rings. The number of nitrogens with one attached hydrogen (secondary N) is 1. The van der Waals surface area contributed by atoms with E-state index in [1.807, 2.05) is 18.2 Å². The third-order valence-corrected chi connectivity index (χ3v) is 3.04. The lowest BCUT2D eigenvalue weighted by atomic mass is 10.2. The Morgan fingerprint density at radius 3 is 1.91 bits per heavy atom. The fourth-order valence-electron chi connectivity index (χ4n) is 2.02. The molecule has 6 heteroatoms. The van der Waals surface area contributed by atoms with E-state index in [1.54, 1.807) is 0 Å². The van der Waals surface area contributed by atoms with Crippen molar-refractivity contribution in [3.05, 3.63) is 18.2 Å². The van der Waals surface area contributed by atoms with Gasteiger partial charge >= 0.3 is 0 Å². The first kappa shape index (κ1) is 16.9. The topological polar surface area (TPSA) is 58.2 Å². The number of ether oxygens (including phenoxy) is 5. The molecule has 1 heterocycles. The van der Waals surface area contributed by atoms with Crippen LogP contribution in [0.15, 0.2) is 18.2 Å². The smallest absolute Gasteiger partial charge is 0.163 e. The van der Waals surface area contributed by atoms with Gasteiger partial charge in [0.05, 0.1) is 39.6 Å². The van der Waals surface area contributed by atoms with Crippen LogP contribution in [0.25, 0.3) is 0 Å². The maximum atomic E-state index is 5.78. The highest BCUT2D eigenvalue weighted by atomic mass is 16.6. The zero-order chi connectivity index (χ0) is 15.5. The third kappa shape index (κ3) is 6.09. The molecule has 0 unspecified atom stereocenters. The molecular weight excluding hydrogens is 286 g/mol. The molecule has 0 radical (unpaired) electrons. The van der Waals surface area contributed by atoms with Crippen LogP contribution in [0.2, 0.25) is 0 Å². The lowest BCUT2D eigenvalue weighted by molar-refractivity contribution is 0.00708. The highest BCUT2D eigenvalue weighted by molar-refractivity contribution is 5.54. The lowest BCUT2D eigenvalue weighted by Gasteiger charge is -2.14. The molecule has 1 aliphatic heterocycles. The van der Waals surface area contributed by atoms with Gasteiger partial charge in [0.25, 0.3) is 0 Å². The summed E-state index contributed by atoms with van der Waals surface area (Å²) in [5.74, 6) is 1.43. The minimum atomic E-state index is 0.475. The summed E-state index contributed by atoms with van der Waals surface area (Å²) in [7, 11) is 0. The predicted molar refractivity (Wildman–Crippen MR) is 84.1 cm³/mol. The van der Waals surface area contributed by atoms with Crippen molar-refractivity contribution in [2.24, 2.45) is 0 Å². The Morgan fingerprint density at radius 1 is 0.773 bits per heavy atom. The third-order valence-electron chi connectivity index (χ3n) is 3.04. The molecule has 1 N–H and O–H groups in total. The normalized spacial score (nSPS) is 18.0. The lowest BCUT2D eigenvalue weighted by Crippen LogP contribution is -2.13. The van der Waals surface area contributed by atoms with E-state index in [2.05, 4.69) is 12.2 Å². The molecule has 0 bridgehead atoms. The molecule has 0 aromatic heterocycles. The molecule has 1 aromatic carbocycles. The first-order valence-corrected chi connectivity index (χ1v) is 7.77. The van der Waals surface area contributed by atoms with Crippen molar-refractivity contribution < 1.29 is 23.7 Å². The van der Waals surface area contributed by atoms with Gasteiger partial charge in [0.1, 0.15) is 13.2 Å². The minimum absolute atomic E-state index is 0.475. The highest BCUT2D eigenvalue weighted by Crippen LogP contribution is 2.30. The van der Waals surface area contributed by atoms with Gasteiger partial charge in [0.15, 0.2) is 11.5 Å². The van der Waals surface area contributed by atoms with E-state index in [1.165, 1.54) is 0 Å². The van der Waals surface area contributed by atoms with Gasteiger partial charge in [-0.05, 0) is 19.1 Å². The van der Waals surface area contributed by atoms with Crippen molar-refractivity contribution in [3.63, 3.8) is 0 Å². The van der Waals surface area contributed by atoms with Crippen molar-refractivity contribution in [2.45, 2.75) is 6.92 Å². The highest BCUT2D eigenvalue weighted by Gasteiger charge is 2.07. The molecule has 6 nitrogen and oxygen atoms in total. The van der Waals surface area contributed by atoms with Crippen LogP contribution in [0.1, 0.15) is 6.92 Å². The van der Waals surface area contributed by atoms with Gasteiger partial charge in [-0.15, -0.1) is 0 Å². The molecule has 0 atom stereocenters.